The molecule has 2 saturated heterocycles. The largest absolute Gasteiger partial charge is 0.490 e. The van der Waals surface area contributed by atoms with Gasteiger partial charge in [0.1, 0.15) is 0 Å². The van der Waals surface area contributed by atoms with E-state index in [2.05, 4.69) is 5.10 Å². The van der Waals surface area contributed by atoms with Gasteiger partial charge < -0.3 is 10.0 Å². The highest BCUT2D eigenvalue weighted by atomic mass is 32.2. The van der Waals surface area contributed by atoms with Crippen LogP contribution in [0.15, 0.2) is 18.5 Å². The molecule has 1 aromatic heterocycles. The summed E-state index contributed by atoms with van der Waals surface area (Å²) < 4.78 is 59.4. The molecule has 1 amide bonds. The van der Waals surface area contributed by atoms with Crippen LogP contribution in [0.5, 0.6) is 0 Å². The number of aromatic nitrogens is 2. The molecule has 0 radical (unpaired) electrons. The normalized spacial score (nSPS) is 24.7. The molecule has 30 heavy (non-hydrogen) atoms. The van der Waals surface area contributed by atoms with Gasteiger partial charge in [0.15, 0.2) is 0 Å². The van der Waals surface area contributed by atoms with Crippen LogP contribution in [-0.4, -0.2) is 81.5 Å². The summed E-state index contributed by atoms with van der Waals surface area (Å²) in [5.41, 5.74) is 0. The van der Waals surface area contributed by atoms with Gasteiger partial charge in [0, 0.05) is 38.4 Å². The molecule has 1 unspecified atom stereocenters. The second kappa shape index (κ2) is 9.33. The van der Waals surface area contributed by atoms with E-state index in [4.69, 9.17) is 9.90 Å². The topological polar surface area (TPSA) is 113 Å². The van der Waals surface area contributed by atoms with Crippen molar-refractivity contribution in [1.29, 1.82) is 0 Å². The highest BCUT2D eigenvalue weighted by Crippen LogP contribution is 2.37. The van der Waals surface area contributed by atoms with E-state index in [1.165, 1.54) is 0 Å². The lowest BCUT2D eigenvalue weighted by molar-refractivity contribution is -0.192. The number of carbonyl (C=O) groups excluding carboxylic acids is 1. The zero-order valence-corrected chi connectivity index (χ0v) is 17.4. The maximum absolute atomic E-state index is 12.1. The minimum atomic E-state index is -5.08. The van der Waals surface area contributed by atoms with Gasteiger partial charge in [-0.1, -0.05) is 0 Å². The van der Waals surface area contributed by atoms with E-state index in [0.717, 1.165) is 12.8 Å². The van der Waals surface area contributed by atoms with Crippen molar-refractivity contribution in [3.05, 3.63) is 18.5 Å². The number of hydrogen-bond donors (Lipinski definition) is 1. The minimum Gasteiger partial charge on any atom is -0.475 e. The summed E-state index contributed by atoms with van der Waals surface area (Å²) >= 11 is 0. The average Bonchev–Trinajstić information content (AvgIpc) is 3.28. The van der Waals surface area contributed by atoms with Crippen molar-refractivity contribution in [2.45, 2.75) is 51.5 Å². The Morgan fingerprint density at radius 1 is 1.30 bits per heavy atom. The van der Waals surface area contributed by atoms with Crippen molar-refractivity contribution in [1.82, 2.24) is 19.0 Å². The number of carboxylic acid groups (broad SMARTS) is 1. The predicted octanol–water partition coefficient (Wildman–Crippen LogP) is 1.18. The number of alkyl halides is 3. The summed E-state index contributed by atoms with van der Waals surface area (Å²) in [7, 11) is -3.15. The molecule has 1 aromatic rings. The van der Waals surface area contributed by atoms with Gasteiger partial charge in [-0.25, -0.2) is 17.5 Å². The van der Waals surface area contributed by atoms with E-state index in [-0.39, 0.29) is 29.7 Å². The second-order valence-corrected chi connectivity index (χ2v) is 9.48. The number of piperidine rings is 1. The number of amides is 1. The molecule has 2 aliphatic heterocycles. The Hall–Kier alpha value is -2.15. The first-order chi connectivity index (χ1) is 13.9. The fourth-order valence-electron chi connectivity index (χ4n) is 4.03. The number of carboxylic acids is 1. The van der Waals surface area contributed by atoms with E-state index in [0.29, 0.717) is 19.6 Å². The van der Waals surface area contributed by atoms with Crippen LogP contribution in [0.2, 0.25) is 0 Å². The zero-order chi connectivity index (χ0) is 22.7. The van der Waals surface area contributed by atoms with Crippen molar-refractivity contribution in [3.8, 4) is 0 Å². The van der Waals surface area contributed by atoms with Crippen molar-refractivity contribution >= 4 is 21.9 Å². The Bertz CT molecular complexity index is 844. The number of nitrogens with zero attached hydrogens (tertiary/aromatic N) is 4. The molecule has 0 bridgehead atoms. The van der Waals surface area contributed by atoms with Crippen molar-refractivity contribution in [2.24, 2.45) is 5.92 Å². The molecular weight excluding hydrogens is 429 g/mol. The molecule has 0 spiro atoms. The Balaban J connectivity index is 0.000000396. The maximum atomic E-state index is 12.1. The van der Waals surface area contributed by atoms with Crippen LogP contribution in [0, 0.1) is 5.92 Å². The number of likely N-dealkylation sites (tertiary alicyclic amines) is 1. The monoisotopic (exact) mass is 454 g/mol. The molecule has 2 aliphatic rings. The Morgan fingerprint density at radius 3 is 2.40 bits per heavy atom. The van der Waals surface area contributed by atoms with Crippen molar-refractivity contribution in [2.75, 3.05) is 18.8 Å². The molecular formula is C17H25F3N4O5S. The number of rotatable bonds is 4. The van der Waals surface area contributed by atoms with E-state index in [1.54, 1.807) is 24.3 Å². The maximum Gasteiger partial charge on any atom is 0.490 e. The van der Waals surface area contributed by atoms with Gasteiger partial charge in [-0.05, 0) is 31.7 Å². The summed E-state index contributed by atoms with van der Waals surface area (Å²) in [6.07, 6.45) is 0.0999. The van der Waals surface area contributed by atoms with Crippen LogP contribution in [0.3, 0.4) is 0 Å². The van der Waals surface area contributed by atoms with Gasteiger partial charge >= 0.3 is 12.1 Å². The summed E-state index contributed by atoms with van der Waals surface area (Å²) in [5, 5.41) is 11.4. The van der Waals surface area contributed by atoms with E-state index < -0.39 is 22.2 Å². The van der Waals surface area contributed by atoms with Crippen LogP contribution in [-0.2, 0) is 26.2 Å². The fraction of sp³-hybridized carbons (Fsp3) is 0.706. The quantitative estimate of drug-likeness (QED) is 0.731. The first kappa shape index (κ1) is 24.1. The molecule has 3 rings (SSSR count). The van der Waals surface area contributed by atoms with E-state index in [1.807, 2.05) is 21.8 Å². The second-order valence-electron chi connectivity index (χ2n) is 7.22. The standard InChI is InChI=1S/C15H24N4O3S.C2HF3O2/c1-3-23(21,22)18-8-5-15-13(10-18)9-14(19(15)12(2)20)11-17-7-4-6-16-17;3-2(4,5)1(6)7/h4,6-7,13-15H,3,5,8-11H2,1-2H3;(H,6,7)/t13-,14?,15+;/m1./s1. The molecule has 1 N–H and O–H groups in total. The highest BCUT2D eigenvalue weighted by Gasteiger charge is 2.46. The molecule has 0 aromatic carbocycles. The smallest absolute Gasteiger partial charge is 0.475 e. The third kappa shape index (κ3) is 5.72. The summed E-state index contributed by atoms with van der Waals surface area (Å²) in [6.45, 7) is 4.99. The predicted molar refractivity (Wildman–Crippen MR) is 99.8 cm³/mol. The molecule has 3 heterocycles. The summed E-state index contributed by atoms with van der Waals surface area (Å²) in [5.74, 6) is -2.33. The molecule has 9 nitrogen and oxygen atoms in total. The van der Waals surface area contributed by atoms with Crippen LogP contribution in [0.1, 0.15) is 26.7 Å². The van der Waals surface area contributed by atoms with Crippen LogP contribution in [0.25, 0.3) is 0 Å². The Labute approximate surface area is 172 Å². The van der Waals surface area contributed by atoms with E-state index >= 15 is 0 Å². The zero-order valence-electron chi connectivity index (χ0n) is 16.6. The molecule has 2 fully saturated rings. The number of aliphatic carboxylic acids is 1. The molecule has 0 aliphatic carbocycles. The number of hydrogen-bond acceptors (Lipinski definition) is 5. The van der Waals surface area contributed by atoms with E-state index in [9.17, 15) is 26.4 Å². The number of halogens is 3. The van der Waals surface area contributed by atoms with Crippen LogP contribution < -0.4 is 0 Å². The fourth-order valence-corrected chi connectivity index (χ4v) is 5.20. The molecule has 170 valence electrons. The van der Waals surface area contributed by atoms with Crippen molar-refractivity contribution in [3.63, 3.8) is 0 Å². The first-order valence-corrected chi connectivity index (χ1v) is 11.0. The van der Waals surface area contributed by atoms with Gasteiger partial charge in [-0.3, -0.25) is 9.48 Å². The lowest BCUT2D eigenvalue weighted by Crippen LogP contribution is -2.50. The summed E-state index contributed by atoms with van der Waals surface area (Å²) in [6, 6.07) is 2.11. The van der Waals surface area contributed by atoms with Gasteiger partial charge in [0.2, 0.25) is 15.9 Å². The number of fused-ring (bicyclic) bond motifs is 1. The SMILES string of the molecule is CCS(=O)(=O)N1CC[C@H]2[C@H](CC(Cn3cccn3)N2C(C)=O)C1.O=C(O)C(F)(F)F. The third-order valence-electron chi connectivity index (χ3n) is 5.30. The van der Waals surface area contributed by atoms with Crippen LogP contribution >= 0.6 is 0 Å². The first-order valence-electron chi connectivity index (χ1n) is 9.41. The molecule has 3 atom stereocenters. The lowest BCUT2D eigenvalue weighted by atomic mass is 9.93. The van der Waals surface area contributed by atoms with Crippen LogP contribution in [0.4, 0.5) is 13.2 Å². The lowest BCUT2D eigenvalue weighted by Gasteiger charge is -2.37. The molecule has 13 heteroatoms. The van der Waals surface area contributed by atoms with Gasteiger partial charge in [-0.15, -0.1) is 0 Å². The van der Waals surface area contributed by atoms with Gasteiger partial charge in [0.25, 0.3) is 0 Å². The van der Waals surface area contributed by atoms with Gasteiger partial charge in [0.05, 0.1) is 18.3 Å². The third-order valence-corrected chi connectivity index (χ3v) is 7.15. The summed E-state index contributed by atoms with van der Waals surface area (Å²) in [4.78, 5) is 23.0. The van der Waals surface area contributed by atoms with Crippen molar-refractivity contribution < 1.29 is 36.3 Å². The number of sulfonamides is 1. The van der Waals surface area contributed by atoms with Gasteiger partial charge in [-0.2, -0.15) is 18.3 Å². The Morgan fingerprint density at radius 2 is 1.93 bits per heavy atom. The molecule has 0 saturated carbocycles. The highest BCUT2D eigenvalue weighted by molar-refractivity contribution is 7.89. The minimum absolute atomic E-state index is 0.0708. The number of carbonyl (C=O) groups is 2. The average molecular weight is 454 g/mol. The Kier molecular flexibility index (Phi) is 7.50.